The fourth-order valence-electron chi connectivity index (χ4n) is 4.17. The van der Waals surface area contributed by atoms with E-state index in [1.807, 2.05) is 0 Å². The van der Waals surface area contributed by atoms with Crippen LogP contribution in [0.2, 0.25) is 0 Å². The average molecular weight is 286 g/mol. The van der Waals surface area contributed by atoms with Gasteiger partial charge in [0, 0.05) is 5.92 Å². The molecule has 1 unspecified atom stereocenters. The number of allylic oxidation sites excluding steroid dienone is 4. The van der Waals surface area contributed by atoms with Crippen LogP contribution in [0.1, 0.15) is 66.5 Å². The van der Waals surface area contributed by atoms with Crippen molar-refractivity contribution in [3.05, 3.63) is 81.9 Å². The quantitative estimate of drug-likeness (QED) is 0.607. The Labute approximate surface area is 133 Å². The normalized spacial score (nSPS) is 19.3. The SMILES string of the molecule is C/C=C(/C)c1cccc2c1Cc1cccc3c1C2CC=C3C. The molecule has 0 spiro atoms. The summed E-state index contributed by atoms with van der Waals surface area (Å²) in [5.41, 5.74) is 11.9. The third kappa shape index (κ3) is 1.83. The van der Waals surface area contributed by atoms with Gasteiger partial charge in [0.05, 0.1) is 0 Å². The standard InChI is InChI=1S/C22H22/c1-4-14(2)17-8-6-10-19-20-12-11-15(3)18-9-5-7-16(22(18)20)13-21(17)19/h4-11,20H,12-13H2,1-3H3/b14-4-. The van der Waals surface area contributed by atoms with E-state index in [0.29, 0.717) is 5.92 Å². The van der Waals surface area contributed by atoms with Crippen LogP contribution in [0.25, 0.3) is 11.1 Å². The third-order valence-electron chi connectivity index (χ3n) is 5.44. The van der Waals surface area contributed by atoms with Gasteiger partial charge in [0.25, 0.3) is 0 Å². The lowest BCUT2D eigenvalue weighted by atomic mass is 9.70. The van der Waals surface area contributed by atoms with E-state index in [4.69, 9.17) is 0 Å². The first kappa shape index (κ1) is 13.6. The van der Waals surface area contributed by atoms with Gasteiger partial charge in [-0.2, -0.15) is 0 Å². The molecule has 2 aromatic rings. The van der Waals surface area contributed by atoms with Gasteiger partial charge < -0.3 is 0 Å². The molecule has 22 heavy (non-hydrogen) atoms. The minimum atomic E-state index is 0.545. The maximum absolute atomic E-state index is 2.42. The molecule has 4 rings (SSSR count). The fraction of sp³-hybridized carbons (Fsp3) is 0.273. The van der Waals surface area contributed by atoms with Crippen LogP contribution in [0, 0.1) is 0 Å². The Bertz CT molecular complexity index is 818. The van der Waals surface area contributed by atoms with Crippen LogP contribution in [0.4, 0.5) is 0 Å². The molecule has 2 aromatic carbocycles. The minimum Gasteiger partial charge on any atom is -0.0841 e. The highest BCUT2D eigenvalue weighted by Gasteiger charge is 2.30. The first-order valence-electron chi connectivity index (χ1n) is 8.24. The lowest BCUT2D eigenvalue weighted by molar-refractivity contribution is 0.764. The average Bonchev–Trinajstić information content (AvgIpc) is 2.56. The summed E-state index contributed by atoms with van der Waals surface area (Å²) in [6, 6.07) is 13.7. The van der Waals surface area contributed by atoms with Crippen LogP contribution in [0.15, 0.2) is 48.6 Å². The number of fused-ring (bicyclic) bond motifs is 2. The van der Waals surface area contributed by atoms with Crippen LogP contribution in [0.5, 0.6) is 0 Å². The van der Waals surface area contributed by atoms with Gasteiger partial charge in [-0.1, -0.05) is 48.6 Å². The van der Waals surface area contributed by atoms with Crippen molar-refractivity contribution in [2.24, 2.45) is 0 Å². The molecule has 2 aliphatic rings. The van der Waals surface area contributed by atoms with Crippen LogP contribution in [0.3, 0.4) is 0 Å². The van der Waals surface area contributed by atoms with Crippen LogP contribution in [-0.2, 0) is 6.42 Å². The second-order valence-corrected chi connectivity index (χ2v) is 6.58. The molecule has 0 fully saturated rings. The largest absolute Gasteiger partial charge is 0.0841 e. The molecule has 0 aliphatic heterocycles. The van der Waals surface area contributed by atoms with E-state index in [-0.39, 0.29) is 0 Å². The fourth-order valence-corrected chi connectivity index (χ4v) is 4.17. The van der Waals surface area contributed by atoms with Crippen LogP contribution in [-0.4, -0.2) is 0 Å². The minimum absolute atomic E-state index is 0.545. The molecular weight excluding hydrogens is 264 g/mol. The molecule has 0 saturated heterocycles. The molecule has 0 N–H and O–H groups in total. The molecule has 0 amide bonds. The van der Waals surface area contributed by atoms with E-state index >= 15 is 0 Å². The third-order valence-corrected chi connectivity index (χ3v) is 5.44. The Morgan fingerprint density at radius 2 is 1.95 bits per heavy atom. The van der Waals surface area contributed by atoms with E-state index < -0.39 is 0 Å². The summed E-state index contributed by atoms with van der Waals surface area (Å²) in [6.45, 7) is 6.62. The Morgan fingerprint density at radius 3 is 2.77 bits per heavy atom. The molecule has 0 aromatic heterocycles. The Balaban J connectivity index is 1.97. The van der Waals surface area contributed by atoms with Crippen LogP contribution >= 0.6 is 0 Å². The van der Waals surface area contributed by atoms with Crippen molar-refractivity contribution in [3.63, 3.8) is 0 Å². The van der Waals surface area contributed by atoms with Gasteiger partial charge in [-0.25, -0.2) is 0 Å². The summed E-state index contributed by atoms with van der Waals surface area (Å²) in [7, 11) is 0. The predicted molar refractivity (Wildman–Crippen MR) is 95.1 cm³/mol. The van der Waals surface area contributed by atoms with Crippen molar-refractivity contribution in [2.75, 3.05) is 0 Å². The van der Waals surface area contributed by atoms with Crippen LogP contribution < -0.4 is 0 Å². The number of hydrogen-bond acceptors (Lipinski definition) is 0. The van der Waals surface area contributed by atoms with Crippen molar-refractivity contribution >= 4 is 11.1 Å². The molecule has 0 radical (unpaired) electrons. The molecule has 0 nitrogen and oxygen atoms in total. The molecule has 0 heteroatoms. The van der Waals surface area contributed by atoms with Gasteiger partial charge in [-0.3, -0.25) is 0 Å². The van der Waals surface area contributed by atoms with Crippen molar-refractivity contribution in [1.82, 2.24) is 0 Å². The second kappa shape index (κ2) is 4.98. The summed E-state index contributed by atoms with van der Waals surface area (Å²) in [4.78, 5) is 0. The maximum atomic E-state index is 2.42. The van der Waals surface area contributed by atoms with E-state index in [1.165, 1.54) is 27.8 Å². The first-order valence-corrected chi connectivity index (χ1v) is 8.24. The molecule has 0 saturated carbocycles. The van der Waals surface area contributed by atoms with Crippen molar-refractivity contribution in [2.45, 2.75) is 39.5 Å². The predicted octanol–water partition coefficient (Wildman–Crippen LogP) is 5.95. The van der Waals surface area contributed by atoms with Crippen molar-refractivity contribution < 1.29 is 0 Å². The highest BCUT2D eigenvalue weighted by Crippen LogP contribution is 2.46. The van der Waals surface area contributed by atoms with Gasteiger partial charge in [0.15, 0.2) is 0 Å². The summed E-state index contributed by atoms with van der Waals surface area (Å²) in [5.74, 6) is 0.545. The van der Waals surface area contributed by atoms with E-state index in [2.05, 4.69) is 69.3 Å². The zero-order valence-electron chi connectivity index (χ0n) is 13.6. The highest BCUT2D eigenvalue weighted by atomic mass is 14.3. The zero-order valence-corrected chi connectivity index (χ0v) is 13.6. The molecular formula is C22H22. The molecule has 110 valence electrons. The summed E-state index contributed by atoms with van der Waals surface area (Å²) < 4.78 is 0. The van der Waals surface area contributed by atoms with E-state index in [9.17, 15) is 0 Å². The zero-order chi connectivity index (χ0) is 15.3. The second-order valence-electron chi connectivity index (χ2n) is 6.58. The van der Waals surface area contributed by atoms with E-state index in [1.54, 1.807) is 16.7 Å². The Kier molecular flexibility index (Phi) is 3.07. The lowest BCUT2D eigenvalue weighted by Gasteiger charge is -2.34. The summed E-state index contributed by atoms with van der Waals surface area (Å²) in [5, 5.41) is 0. The van der Waals surface area contributed by atoms with E-state index in [0.717, 1.165) is 12.8 Å². The summed E-state index contributed by atoms with van der Waals surface area (Å²) in [6.07, 6.45) is 6.86. The van der Waals surface area contributed by atoms with Crippen molar-refractivity contribution in [3.8, 4) is 0 Å². The monoisotopic (exact) mass is 286 g/mol. The summed E-state index contributed by atoms with van der Waals surface area (Å²) >= 11 is 0. The first-order chi connectivity index (χ1) is 10.7. The molecule has 2 aliphatic carbocycles. The Morgan fingerprint density at radius 1 is 1.14 bits per heavy atom. The highest BCUT2D eigenvalue weighted by molar-refractivity contribution is 5.76. The number of benzene rings is 2. The number of rotatable bonds is 1. The van der Waals surface area contributed by atoms with Gasteiger partial charge in [0.2, 0.25) is 0 Å². The lowest BCUT2D eigenvalue weighted by Crippen LogP contribution is -2.19. The topological polar surface area (TPSA) is 0 Å². The van der Waals surface area contributed by atoms with Gasteiger partial charge in [-0.15, -0.1) is 0 Å². The molecule has 0 bridgehead atoms. The van der Waals surface area contributed by atoms with Gasteiger partial charge in [0.1, 0.15) is 0 Å². The molecule has 0 heterocycles. The van der Waals surface area contributed by atoms with Crippen molar-refractivity contribution in [1.29, 1.82) is 0 Å². The smallest absolute Gasteiger partial charge is 0.0136 e. The van der Waals surface area contributed by atoms with Gasteiger partial charge >= 0.3 is 0 Å². The Hall–Kier alpha value is -2.08. The number of hydrogen-bond donors (Lipinski definition) is 0. The van der Waals surface area contributed by atoms with Gasteiger partial charge in [-0.05, 0) is 78.1 Å². The molecule has 1 atom stereocenters. The maximum Gasteiger partial charge on any atom is 0.0136 e.